The van der Waals surface area contributed by atoms with E-state index in [1.165, 1.54) is 25.1 Å². The lowest BCUT2D eigenvalue weighted by Gasteiger charge is -2.23. The van der Waals surface area contributed by atoms with Crippen LogP contribution in [0.3, 0.4) is 0 Å². The SMILES string of the molecule is C[C@H](OC(=O)[C@H](C)N1C(=O)[C@H]2CC=CC[C@@H]2C1=O)c1cccc([N+](=O)[O-])c1. The van der Waals surface area contributed by atoms with Gasteiger partial charge in [-0.05, 0) is 32.3 Å². The highest BCUT2D eigenvalue weighted by molar-refractivity contribution is 6.08. The summed E-state index contributed by atoms with van der Waals surface area (Å²) in [5, 5.41) is 10.9. The summed E-state index contributed by atoms with van der Waals surface area (Å²) in [6, 6.07) is 4.75. The van der Waals surface area contributed by atoms with Gasteiger partial charge in [-0.1, -0.05) is 24.3 Å². The summed E-state index contributed by atoms with van der Waals surface area (Å²) < 4.78 is 5.37. The van der Waals surface area contributed by atoms with Crippen molar-refractivity contribution in [2.24, 2.45) is 11.8 Å². The predicted octanol–water partition coefficient (Wildman–Crippen LogP) is 2.54. The van der Waals surface area contributed by atoms with Crippen LogP contribution in [0.4, 0.5) is 5.69 Å². The van der Waals surface area contributed by atoms with E-state index in [-0.39, 0.29) is 17.5 Å². The van der Waals surface area contributed by atoms with Gasteiger partial charge in [-0.2, -0.15) is 0 Å². The van der Waals surface area contributed by atoms with Crippen LogP contribution in [0.5, 0.6) is 0 Å². The number of nitro benzene ring substituents is 1. The lowest BCUT2D eigenvalue weighted by molar-refractivity contribution is -0.385. The Morgan fingerprint density at radius 2 is 1.78 bits per heavy atom. The van der Waals surface area contributed by atoms with Crippen LogP contribution in [-0.2, 0) is 19.1 Å². The van der Waals surface area contributed by atoms with Gasteiger partial charge in [0.25, 0.3) is 5.69 Å². The summed E-state index contributed by atoms with van der Waals surface area (Å²) >= 11 is 0. The van der Waals surface area contributed by atoms with Gasteiger partial charge < -0.3 is 4.74 Å². The van der Waals surface area contributed by atoms with E-state index in [2.05, 4.69) is 0 Å². The van der Waals surface area contributed by atoms with Gasteiger partial charge in [-0.25, -0.2) is 4.79 Å². The lowest BCUT2D eigenvalue weighted by Crippen LogP contribution is -2.44. The van der Waals surface area contributed by atoms with E-state index in [4.69, 9.17) is 4.74 Å². The van der Waals surface area contributed by atoms with Crippen molar-refractivity contribution in [2.45, 2.75) is 38.8 Å². The largest absolute Gasteiger partial charge is 0.456 e. The number of nitrogens with zero attached hydrogens (tertiary/aromatic N) is 2. The van der Waals surface area contributed by atoms with Crippen molar-refractivity contribution in [2.75, 3.05) is 0 Å². The van der Waals surface area contributed by atoms with Gasteiger partial charge in [-0.3, -0.25) is 24.6 Å². The number of nitro groups is 1. The molecule has 2 amide bonds. The van der Waals surface area contributed by atoms with Crippen LogP contribution in [0.2, 0.25) is 0 Å². The second-order valence-electron chi connectivity index (χ2n) is 6.81. The molecule has 1 aliphatic heterocycles. The minimum Gasteiger partial charge on any atom is -0.456 e. The fourth-order valence-electron chi connectivity index (χ4n) is 3.55. The third kappa shape index (κ3) is 3.47. The van der Waals surface area contributed by atoms with E-state index in [1.807, 2.05) is 12.2 Å². The fourth-order valence-corrected chi connectivity index (χ4v) is 3.55. The molecule has 1 aromatic carbocycles. The molecule has 142 valence electrons. The zero-order valence-corrected chi connectivity index (χ0v) is 15.0. The highest BCUT2D eigenvalue weighted by Crippen LogP contribution is 2.36. The topological polar surface area (TPSA) is 107 Å². The normalized spacial score (nSPS) is 23.7. The smallest absolute Gasteiger partial charge is 0.329 e. The molecule has 1 fully saturated rings. The van der Waals surface area contributed by atoms with Gasteiger partial charge in [0.2, 0.25) is 11.8 Å². The van der Waals surface area contributed by atoms with Gasteiger partial charge in [-0.15, -0.1) is 0 Å². The maximum absolute atomic E-state index is 12.6. The number of hydrogen-bond acceptors (Lipinski definition) is 6. The minimum atomic E-state index is -1.04. The molecule has 8 nitrogen and oxygen atoms in total. The molecule has 0 bridgehead atoms. The number of benzene rings is 1. The van der Waals surface area contributed by atoms with E-state index < -0.39 is 34.9 Å². The van der Waals surface area contributed by atoms with Crippen molar-refractivity contribution in [1.82, 2.24) is 4.90 Å². The van der Waals surface area contributed by atoms with Crippen LogP contribution in [0.15, 0.2) is 36.4 Å². The van der Waals surface area contributed by atoms with Crippen molar-refractivity contribution < 1.29 is 24.0 Å². The summed E-state index contributed by atoms with van der Waals surface area (Å²) in [5.74, 6) is -2.23. The van der Waals surface area contributed by atoms with Crippen molar-refractivity contribution in [3.8, 4) is 0 Å². The Bertz CT molecular complexity index is 807. The molecule has 1 aliphatic carbocycles. The van der Waals surface area contributed by atoms with E-state index in [0.717, 1.165) is 4.90 Å². The number of allylic oxidation sites excluding steroid dienone is 2. The zero-order valence-electron chi connectivity index (χ0n) is 15.0. The number of non-ortho nitro benzene ring substituents is 1. The van der Waals surface area contributed by atoms with Crippen molar-refractivity contribution in [3.05, 3.63) is 52.1 Å². The number of carbonyl (C=O) groups excluding carboxylic acids is 3. The maximum atomic E-state index is 12.6. The van der Waals surface area contributed by atoms with Crippen LogP contribution >= 0.6 is 0 Å². The molecule has 27 heavy (non-hydrogen) atoms. The third-order valence-electron chi connectivity index (χ3n) is 5.11. The first-order valence-corrected chi connectivity index (χ1v) is 8.78. The average Bonchev–Trinajstić information content (AvgIpc) is 2.92. The van der Waals surface area contributed by atoms with Crippen LogP contribution < -0.4 is 0 Å². The van der Waals surface area contributed by atoms with E-state index >= 15 is 0 Å². The molecule has 1 heterocycles. The molecule has 3 rings (SSSR count). The second kappa shape index (κ2) is 7.30. The summed E-state index contributed by atoms with van der Waals surface area (Å²) in [4.78, 5) is 49.0. The number of carbonyl (C=O) groups is 3. The van der Waals surface area contributed by atoms with Gasteiger partial charge >= 0.3 is 5.97 Å². The summed E-state index contributed by atoms with van der Waals surface area (Å²) in [6.07, 6.45) is 4.00. The Morgan fingerprint density at radius 3 is 2.33 bits per heavy atom. The van der Waals surface area contributed by atoms with Crippen LogP contribution in [0.1, 0.15) is 38.4 Å². The summed E-state index contributed by atoms with van der Waals surface area (Å²) in [7, 11) is 0. The highest BCUT2D eigenvalue weighted by Gasteiger charge is 2.50. The van der Waals surface area contributed by atoms with Crippen LogP contribution in [0, 0.1) is 22.0 Å². The number of imide groups is 1. The molecule has 2 aliphatic rings. The molecule has 0 saturated carbocycles. The Kier molecular flexibility index (Phi) is 5.07. The molecule has 4 atom stereocenters. The van der Waals surface area contributed by atoms with Crippen LogP contribution in [-0.4, -0.2) is 33.6 Å². The molecule has 0 aromatic heterocycles. The molecule has 1 saturated heterocycles. The number of amides is 2. The first kappa shape index (κ1) is 18.8. The van der Waals surface area contributed by atoms with E-state index in [0.29, 0.717) is 18.4 Å². The standard InChI is InChI=1S/C19H20N2O6/c1-11(20-17(22)15-8-3-4-9-16(15)18(20)23)19(24)27-12(2)13-6-5-7-14(10-13)21(25)26/h3-7,10-12,15-16H,8-9H2,1-2H3/t11-,12-,15-,16-/m0/s1. The molecular formula is C19H20N2O6. The number of hydrogen-bond donors (Lipinski definition) is 0. The fraction of sp³-hybridized carbons (Fsp3) is 0.421. The molecule has 8 heteroatoms. The number of rotatable bonds is 5. The number of esters is 1. The monoisotopic (exact) mass is 372 g/mol. The average molecular weight is 372 g/mol. The van der Waals surface area contributed by atoms with Gasteiger partial charge in [0.15, 0.2) is 0 Å². The predicted molar refractivity (Wildman–Crippen MR) is 94.3 cm³/mol. The Balaban J connectivity index is 1.70. The van der Waals surface area contributed by atoms with Gasteiger partial charge in [0.1, 0.15) is 12.1 Å². The van der Waals surface area contributed by atoms with Crippen LogP contribution in [0.25, 0.3) is 0 Å². The molecular weight excluding hydrogens is 352 g/mol. The molecule has 0 N–H and O–H groups in total. The Labute approximate surface area is 155 Å². The minimum absolute atomic E-state index is 0.107. The quantitative estimate of drug-likeness (QED) is 0.258. The van der Waals surface area contributed by atoms with E-state index in [9.17, 15) is 24.5 Å². The molecule has 0 spiro atoms. The number of fused-ring (bicyclic) bond motifs is 1. The lowest BCUT2D eigenvalue weighted by atomic mass is 9.85. The summed E-state index contributed by atoms with van der Waals surface area (Å²) in [6.45, 7) is 3.05. The molecule has 1 aromatic rings. The van der Waals surface area contributed by atoms with Crippen molar-refractivity contribution >= 4 is 23.5 Å². The Hall–Kier alpha value is -3.03. The molecule has 0 unspecified atom stereocenters. The number of likely N-dealkylation sites (tertiary alicyclic amines) is 1. The maximum Gasteiger partial charge on any atom is 0.329 e. The van der Waals surface area contributed by atoms with E-state index in [1.54, 1.807) is 13.0 Å². The van der Waals surface area contributed by atoms with Gasteiger partial charge in [0.05, 0.1) is 16.8 Å². The molecule has 0 radical (unpaired) electrons. The van der Waals surface area contributed by atoms with Crippen molar-refractivity contribution in [3.63, 3.8) is 0 Å². The zero-order chi connectivity index (χ0) is 19.7. The second-order valence-corrected chi connectivity index (χ2v) is 6.81. The van der Waals surface area contributed by atoms with Crippen molar-refractivity contribution in [1.29, 1.82) is 0 Å². The first-order chi connectivity index (χ1) is 12.8. The highest BCUT2D eigenvalue weighted by atomic mass is 16.6. The summed E-state index contributed by atoms with van der Waals surface area (Å²) in [5.41, 5.74) is 0.353. The number of ether oxygens (including phenoxy) is 1. The Morgan fingerprint density at radius 1 is 1.19 bits per heavy atom. The third-order valence-corrected chi connectivity index (χ3v) is 5.11. The van der Waals surface area contributed by atoms with Gasteiger partial charge in [0, 0.05) is 12.1 Å². The first-order valence-electron chi connectivity index (χ1n) is 8.78.